The molecule has 1 aromatic heterocycles. The summed E-state index contributed by atoms with van der Waals surface area (Å²) < 4.78 is 10.7. The number of ether oxygens (including phenoxy) is 2. The monoisotopic (exact) mass is 307 g/mol. The van der Waals surface area contributed by atoms with E-state index in [1.807, 2.05) is 6.07 Å². The number of halogens is 1. The molecule has 0 radical (unpaired) electrons. The third-order valence-corrected chi connectivity index (χ3v) is 2.93. The minimum atomic E-state index is -0.0553. The lowest BCUT2D eigenvalue weighted by Crippen LogP contribution is -2.15. The molecular formula is C14H14ClN3O3. The van der Waals surface area contributed by atoms with Gasteiger partial charge in [0.2, 0.25) is 5.88 Å². The number of hydrogen-bond acceptors (Lipinski definition) is 5. The van der Waals surface area contributed by atoms with Crippen LogP contribution in [0.25, 0.3) is 0 Å². The Kier molecular flexibility index (Phi) is 4.84. The van der Waals surface area contributed by atoms with Crippen molar-refractivity contribution in [2.24, 2.45) is 10.9 Å². The van der Waals surface area contributed by atoms with Crippen LogP contribution in [0.2, 0.25) is 5.02 Å². The summed E-state index contributed by atoms with van der Waals surface area (Å²) in [7, 11) is 1.54. The molecule has 0 spiro atoms. The molecule has 0 aliphatic carbocycles. The smallest absolute Gasteiger partial charge is 0.213 e. The molecule has 0 aliphatic heterocycles. The van der Waals surface area contributed by atoms with E-state index in [1.54, 1.807) is 37.4 Å². The lowest BCUT2D eigenvalue weighted by atomic mass is 10.2. The molecule has 3 N–H and O–H groups in total. The van der Waals surface area contributed by atoms with Crippen molar-refractivity contribution < 1.29 is 14.7 Å². The Balaban J connectivity index is 2.20. The molecule has 0 bridgehead atoms. The summed E-state index contributed by atoms with van der Waals surface area (Å²) in [5.41, 5.74) is 6.73. The maximum atomic E-state index is 8.78. The minimum Gasteiger partial charge on any atom is -0.486 e. The summed E-state index contributed by atoms with van der Waals surface area (Å²) in [6.45, 7) is 0.198. The van der Waals surface area contributed by atoms with Crippen molar-refractivity contribution in [1.82, 2.24) is 4.98 Å². The summed E-state index contributed by atoms with van der Waals surface area (Å²) in [4.78, 5) is 4.23. The average Bonchev–Trinajstić information content (AvgIpc) is 2.52. The van der Waals surface area contributed by atoms with Gasteiger partial charge in [-0.3, -0.25) is 0 Å². The second-order valence-corrected chi connectivity index (χ2v) is 4.52. The van der Waals surface area contributed by atoms with Crippen LogP contribution in [-0.4, -0.2) is 23.1 Å². The van der Waals surface area contributed by atoms with Gasteiger partial charge in [0.05, 0.1) is 18.4 Å². The van der Waals surface area contributed by atoms with Crippen LogP contribution in [0.1, 0.15) is 11.3 Å². The fourth-order valence-corrected chi connectivity index (χ4v) is 1.85. The molecule has 0 saturated carbocycles. The summed E-state index contributed by atoms with van der Waals surface area (Å²) >= 11 is 5.94. The second kappa shape index (κ2) is 6.81. The predicted octanol–water partition coefficient (Wildman–Crippen LogP) is 2.42. The summed E-state index contributed by atoms with van der Waals surface area (Å²) in [5.74, 6) is 0.849. The Morgan fingerprint density at radius 1 is 1.38 bits per heavy atom. The van der Waals surface area contributed by atoms with Gasteiger partial charge in [-0.25, -0.2) is 4.98 Å². The molecule has 0 atom stereocenters. The first kappa shape index (κ1) is 14.9. The van der Waals surface area contributed by atoms with Crippen LogP contribution >= 0.6 is 11.6 Å². The van der Waals surface area contributed by atoms with E-state index in [1.165, 1.54) is 0 Å². The first-order valence-corrected chi connectivity index (χ1v) is 6.42. The molecule has 0 unspecified atom stereocenters. The Morgan fingerprint density at radius 2 is 2.19 bits per heavy atom. The molecule has 6 nitrogen and oxygen atoms in total. The van der Waals surface area contributed by atoms with Gasteiger partial charge in [-0.15, -0.1) is 0 Å². The number of nitrogens with zero attached hydrogens (tertiary/aromatic N) is 2. The third kappa shape index (κ3) is 3.76. The Bertz CT molecular complexity index is 662. The standard InChI is InChI=1S/C14H14ClN3O3/c1-20-13-4-2-3-10(17-13)8-21-12-7-9(15)5-6-11(12)14(16)18-19/h2-7,19H,8H2,1H3,(H2,16,18). The van der Waals surface area contributed by atoms with E-state index in [0.29, 0.717) is 27.9 Å². The number of benzene rings is 1. The van der Waals surface area contributed by atoms with E-state index < -0.39 is 0 Å². The van der Waals surface area contributed by atoms with Gasteiger partial charge in [0.15, 0.2) is 5.84 Å². The number of pyridine rings is 1. The van der Waals surface area contributed by atoms with E-state index in [0.717, 1.165) is 0 Å². The van der Waals surface area contributed by atoms with Crippen molar-refractivity contribution in [3.8, 4) is 11.6 Å². The molecule has 0 fully saturated rings. The molecule has 2 aromatic rings. The molecule has 0 aliphatic rings. The van der Waals surface area contributed by atoms with Gasteiger partial charge in [0.25, 0.3) is 0 Å². The van der Waals surface area contributed by atoms with Crippen molar-refractivity contribution in [3.63, 3.8) is 0 Å². The van der Waals surface area contributed by atoms with Gasteiger partial charge in [-0.2, -0.15) is 0 Å². The molecule has 0 saturated heterocycles. The average molecular weight is 308 g/mol. The molecule has 7 heteroatoms. The number of rotatable bonds is 5. The second-order valence-electron chi connectivity index (χ2n) is 4.09. The molecule has 2 rings (SSSR count). The molecule has 110 valence electrons. The van der Waals surface area contributed by atoms with Gasteiger partial charge in [-0.1, -0.05) is 22.8 Å². The number of aromatic nitrogens is 1. The zero-order valence-electron chi connectivity index (χ0n) is 11.3. The van der Waals surface area contributed by atoms with Crippen LogP contribution in [0.5, 0.6) is 11.6 Å². The number of hydrogen-bond donors (Lipinski definition) is 2. The van der Waals surface area contributed by atoms with Crippen LogP contribution in [0.15, 0.2) is 41.6 Å². The van der Waals surface area contributed by atoms with Gasteiger partial charge in [0.1, 0.15) is 12.4 Å². The first-order valence-electron chi connectivity index (χ1n) is 6.04. The van der Waals surface area contributed by atoms with Crippen LogP contribution in [-0.2, 0) is 6.61 Å². The SMILES string of the molecule is COc1cccc(COc2cc(Cl)ccc2/C(N)=N/O)n1. The highest BCUT2D eigenvalue weighted by atomic mass is 35.5. The van der Waals surface area contributed by atoms with Crippen molar-refractivity contribution in [2.45, 2.75) is 6.61 Å². The first-order chi connectivity index (χ1) is 10.1. The molecule has 1 heterocycles. The number of oxime groups is 1. The van der Waals surface area contributed by atoms with Crippen LogP contribution < -0.4 is 15.2 Å². The number of nitrogens with two attached hydrogens (primary N) is 1. The van der Waals surface area contributed by atoms with Crippen LogP contribution in [0, 0.1) is 0 Å². The van der Waals surface area contributed by atoms with Crippen molar-refractivity contribution in [3.05, 3.63) is 52.7 Å². The van der Waals surface area contributed by atoms with Crippen molar-refractivity contribution in [1.29, 1.82) is 0 Å². The third-order valence-electron chi connectivity index (χ3n) is 2.69. The van der Waals surface area contributed by atoms with Crippen LogP contribution in [0.3, 0.4) is 0 Å². The van der Waals surface area contributed by atoms with Gasteiger partial charge >= 0.3 is 0 Å². The fraction of sp³-hybridized carbons (Fsp3) is 0.143. The van der Waals surface area contributed by atoms with E-state index in [-0.39, 0.29) is 12.4 Å². The quantitative estimate of drug-likeness (QED) is 0.383. The topological polar surface area (TPSA) is 90.0 Å². The zero-order chi connectivity index (χ0) is 15.2. The van der Waals surface area contributed by atoms with Gasteiger partial charge in [0, 0.05) is 11.1 Å². The van der Waals surface area contributed by atoms with Crippen molar-refractivity contribution >= 4 is 17.4 Å². The summed E-state index contributed by atoms with van der Waals surface area (Å²) in [6, 6.07) is 10.2. The Labute approximate surface area is 126 Å². The summed E-state index contributed by atoms with van der Waals surface area (Å²) in [5, 5.41) is 12.2. The maximum absolute atomic E-state index is 8.78. The molecule has 21 heavy (non-hydrogen) atoms. The number of methoxy groups -OCH3 is 1. The fourth-order valence-electron chi connectivity index (χ4n) is 1.68. The van der Waals surface area contributed by atoms with E-state index >= 15 is 0 Å². The van der Waals surface area contributed by atoms with Crippen LogP contribution in [0.4, 0.5) is 0 Å². The van der Waals surface area contributed by atoms with Gasteiger partial charge in [-0.05, 0) is 24.3 Å². The predicted molar refractivity (Wildman–Crippen MR) is 79.1 cm³/mol. The normalized spacial score (nSPS) is 11.2. The summed E-state index contributed by atoms with van der Waals surface area (Å²) in [6.07, 6.45) is 0. The largest absolute Gasteiger partial charge is 0.486 e. The van der Waals surface area contributed by atoms with E-state index in [4.69, 9.17) is 32.0 Å². The zero-order valence-corrected chi connectivity index (χ0v) is 12.0. The molecular weight excluding hydrogens is 294 g/mol. The van der Waals surface area contributed by atoms with E-state index in [2.05, 4.69) is 10.1 Å². The van der Waals surface area contributed by atoms with E-state index in [9.17, 15) is 0 Å². The molecule has 0 amide bonds. The maximum Gasteiger partial charge on any atom is 0.213 e. The Morgan fingerprint density at radius 3 is 2.90 bits per heavy atom. The number of amidine groups is 1. The highest BCUT2D eigenvalue weighted by molar-refractivity contribution is 6.30. The lowest BCUT2D eigenvalue weighted by molar-refractivity contribution is 0.296. The Hall–Kier alpha value is -2.47. The lowest BCUT2D eigenvalue weighted by Gasteiger charge is -2.11. The van der Waals surface area contributed by atoms with Crippen molar-refractivity contribution in [2.75, 3.05) is 7.11 Å². The molecule has 1 aromatic carbocycles. The minimum absolute atomic E-state index is 0.0553. The van der Waals surface area contributed by atoms with Gasteiger partial charge < -0.3 is 20.4 Å². The highest BCUT2D eigenvalue weighted by Gasteiger charge is 2.10. The highest BCUT2D eigenvalue weighted by Crippen LogP contribution is 2.24.